The number of hydrogen-bond donors (Lipinski definition) is 1. The van der Waals surface area contributed by atoms with Gasteiger partial charge in [0.05, 0.1) is 0 Å². The van der Waals surface area contributed by atoms with Crippen molar-refractivity contribution in [1.82, 2.24) is 0 Å². The van der Waals surface area contributed by atoms with Gasteiger partial charge in [-0.05, 0) is 6.92 Å². The molecule has 0 unspecified atom stereocenters. The molecule has 0 saturated carbocycles. The summed E-state index contributed by atoms with van der Waals surface area (Å²) in [7, 11) is 0. The maximum absolute atomic E-state index is 7.57. The summed E-state index contributed by atoms with van der Waals surface area (Å²) in [4.78, 5) is 0. The van der Waals surface area contributed by atoms with E-state index >= 15 is 0 Å². The molecule has 5 heavy (non-hydrogen) atoms. The van der Waals surface area contributed by atoms with Gasteiger partial charge in [-0.2, -0.15) is 0 Å². The molecule has 0 saturated heterocycles. The van der Waals surface area contributed by atoms with Gasteiger partial charge in [0.1, 0.15) is 0 Å². The summed E-state index contributed by atoms with van der Waals surface area (Å²) in [5.41, 5.74) is 0. The van der Waals surface area contributed by atoms with E-state index < -0.39 is 0 Å². The summed E-state index contributed by atoms with van der Waals surface area (Å²) in [5, 5.41) is 7.57. The van der Waals surface area contributed by atoms with Crippen molar-refractivity contribution in [2.24, 2.45) is 0 Å². The summed E-state index contributed by atoms with van der Waals surface area (Å²) in [6.07, 6.45) is 0. The fourth-order valence-electron chi connectivity index (χ4n) is 0. The molecule has 0 amide bonds. The quantitative estimate of drug-likeness (QED) is 0.245. The second kappa shape index (κ2) is 23.8. The molecular formula is C3H9LiO. The molecule has 0 aromatic carbocycles. The van der Waals surface area contributed by atoms with Gasteiger partial charge in [-0.25, -0.2) is 0 Å². The van der Waals surface area contributed by atoms with Crippen molar-refractivity contribution < 1.29 is 24.0 Å². The van der Waals surface area contributed by atoms with Crippen LogP contribution in [-0.2, 0) is 0 Å². The molecule has 2 heteroatoms. The van der Waals surface area contributed by atoms with Gasteiger partial charge in [-0.15, -0.1) is 0 Å². The van der Waals surface area contributed by atoms with Crippen LogP contribution in [0.5, 0.6) is 0 Å². The second-order valence-corrected chi connectivity index (χ2v) is 0.316. The molecular weight excluding hydrogens is 59.0 g/mol. The Bertz CT molecular complexity index is 6.85. The fraction of sp³-hybridized carbons (Fsp3) is 0.667. The molecule has 0 aromatic rings. The third kappa shape index (κ3) is 95.9. The van der Waals surface area contributed by atoms with Gasteiger partial charge in [-0.3, -0.25) is 0 Å². The molecule has 1 nitrogen and oxygen atoms in total. The fourth-order valence-corrected chi connectivity index (χ4v) is 0. The van der Waals surface area contributed by atoms with E-state index in [4.69, 9.17) is 5.11 Å². The van der Waals surface area contributed by atoms with Gasteiger partial charge in [0, 0.05) is 6.61 Å². The zero-order chi connectivity index (χ0) is 2.71. The molecule has 0 spiro atoms. The number of hydrogen-bond acceptors (Lipinski definition) is 1. The first-order chi connectivity index (χ1) is 1.41. The average molecular weight is 68.0 g/mol. The van der Waals surface area contributed by atoms with Crippen LogP contribution in [0.4, 0.5) is 0 Å². The van der Waals surface area contributed by atoms with E-state index in [1.165, 1.54) is 0 Å². The van der Waals surface area contributed by atoms with Crippen molar-refractivity contribution in [3.8, 4) is 0 Å². The topological polar surface area (TPSA) is 20.2 Å². The van der Waals surface area contributed by atoms with Crippen LogP contribution in [-0.4, -0.2) is 11.7 Å². The Balaban J connectivity index is -0.0000000200. The third-order valence-corrected chi connectivity index (χ3v) is 0. The Hall–Kier alpha value is 0.557. The summed E-state index contributed by atoms with van der Waals surface area (Å²) in [6.45, 7) is 1.93. The van der Waals surface area contributed by atoms with Crippen molar-refractivity contribution in [2.75, 3.05) is 6.61 Å². The number of aliphatic hydroxyl groups excluding tert-OH is 1. The van der Waals surface area contributed by atoms with Crippen LogP contribution in [0, 0.1) is 7.43 Å². The molecule has 0 radical (unpaired) electrons. The SMILES string of the molecule is CCO.[CH3-].[Li+]. The first-order valence-electron chi connectivity index (χ1n) is 1.02. The van der Waals surface area contributed by atoms with E-state index in [0.717, 1.165) is 0 Å². The largest absolute Gasteiger partial charge is 1.00 e. The molecule has 0 atom stereocenters. The summed E-state index contributed by atoms with van der Waals surface area (Å²) in [5.74, 6) is 0. The normalized spacial score (nSPS) is 3.60. The molecule has 1 N–H and O–H groups in total. The molecule has 0 bridgehead atoms. The van der Waals surface area contributed by atoms with Crippen LogP contribution >= 0.6 is 0 Å². The van der Waals surface area contributed by atoms with Crippen molar-refractivity contribution in [1.29, 1.82) is 0 Å². The second-order valence-electron chi connectivity index (χ2n) is 0.316. The predicted octanol–water partition coefficient (Wildman–Crippen LogP) is -2.55. The zero-order valence-corrected chi connectivity index (χ0v) is 4.15. The van der Waals surface area contributed by atoms with Crippen molar-refractivity contribution in [3.05, 3.63) is 7.43 Å². The van der Waals surface area contributed by atoms with Crippen LogP contribution in [0.2, 0.25) is 0 Å². The third-order valence-electron chi connectivity index (χ3n) is 0. The predicted molar refractivity (Wildman–Crippen MR) is 19.2 cm³/mol. The van der Waals surface area contributed by atoms with Crippen molar-refractivity contribution >= 4 is 0 Å². The summed E-state index contributed by atoms with van der Waals surface area (Å²) in [6, 6.07) is 0. The first kappa shape index (κ1) is 17.6. The monoisotopic (exact) mass is 68.1 g/mol. The Morgan fingerprint density at radius 3 is 1.60 bits per heavy atom. The Labute approximate surface area is 45.6 Å². The molecule has 0 fully saturated rings. The van der Waals surface area contributed by atoms with E-state index in [0.29, 0.717) is 0 Å². The van der Waals surface area contributed by atoms with Crippen LogP contribution < -0.4 is 18.9 Å². The summed E-state index contributed by atoms with van der Waals surface area (Å²) >= 11 is 0. The average Bonchev–Trinajstić information content (AvgIpc) is 0.918. The van der Waals surface area contributed by atoms with E-state index in [1.807, 2.05) is 0 Å². The van der Waals surface area contributed by atoms with E-state index in [1.54, 1.807) is 6.92 Å². The first-order valence-corrected chi connectivity index (χ1v) is 1.02. The molecule has 0 aliphatic heterocycles. The number of aliphatic hydroxyl groups is 1. The van der Waals surface area contributed by atoms with E-state index in [2.05, 4.69) is 0 Å². The Kier molecular flexibility index (Phi) is 83.9. The van der Waals surface area contributed by atoms with E-state index in [-0.39, 0.29) is 32.9 Å². The van der Waals surface area contributed by atoms with Gasteiger partial charge >= 0.3 is 18.9 Å². The smallest absolute Gasteiger partial charge is 0.397 e. The molecule has 28 valence electrons. The van der Waals surface area contributed by atoms with Crippen molar-refractivity contribution in [3.63, 3.8) is 0 Å². The molecule has 0 heterocycles. The van der Waals surface area contributed by atoms with Crippen LogP contribution in [0.3, 0.4) is 0 Å². The van der Waals surface area contributed by atoms with Gasteiger partial charge in [-0.1, -0.05) is 0 Å². The van der Waals surface area contributed by atoms with Crippen LogP contribution in [0.15, 0.2) is 0 Å². The maximum atomic E-state index is 7.57. The molecule has 0 aromatic heterocycles. The number of rotatable bonds is 0. The van der Waals surface area contributed by atoms with Gasteiger partial charge in [0.25, 0.3) is 0 Å². The minimum atomic E-state index is 0. The van der Waals surface area contributed by atoms with Gasteiger partial charge < -0.3 is 12.5 Å². The molecule has 0 aliphatic rings. The van der Waals surface area contributed by atoms with Crippen LogP contribution in [0.1, 0.15) is 6.92 Å². The Morgan fingerprint density at radius 2 is 1.60 bits per heavy atom. The minimum Gasteiger partial charge on any atom is -0.397 e. The molecule has 0 aliphatic carbocycles. The van der Waals surface area contributed by atoms with Gasteiger partial charge in [0.15, 0.2) is 0 Å². The van der Waals surface area contributed by atoms with Crippen LogP contribution in [0.25, 0.3) is 0 Å². The zero-order valence-electron chi connectivity index (χ0n) is 4.15. The minimum absolute atomic E-state index is 0. The maximum Gasteiger partial charge on any atom is 1.00 e. The van der Waals surface area contributed by atoms with Crippen molar-refractivity contribution in [2.45, 2.75) is 6.92 Å². The van der Waals surface area contributed by atoms with Gasteiger partial charge in [0.2, 0.25) is 0 Å². The Morgan fingerprint density at radius 1 is 1.60 bits per heavy atom. The standard InChI is InChI=1S/C2H6O.CH3.Li/c1-2-3;;/h3H,2H2,1H3;1H3;/q;-1;+1. The van der Waals surface area contributed by atoms with E-state index in [9.17, 15) is 0 Å². The summed E-state index contributed by atoms with van der Waals surface area (Å²) < 4.78 is 0. The molecule has 0 rings (SSSR count).